The monoisotopic (exact) mass is 637 g/mol. The Bertz CT molecular complexity index is 1530. The molecule has 4 amide bonds. The summed E-state index contributed by atoms with van der Waals surface area (Å²) in [7, 11) is 0. The van der Waals surface area contributed by atoms with Gasteiger partial charge in [0.05, 0.1) is 23.9 Å². The Kier molecular flexibility index (Phi) is 8.29. The van der Waals surface area contributed by atoms with E-state index in [4.69, 9.17) is 9.47 Å². The molecule has 192 valence electrons. The maximum absolute atomic E-state index is 13.3. The van der Waals surface area contributed by atoms with Gasteiger partial charge in [0, 0.05) is 14.5 Å². The molecule has 10 heteroatoms. The Morgan fingerprint density at radius 1 is 1.00 bits per heavy atom. The molecule has 1 aliphatic heterocycles. The molecule has 3 aromatic carbocycles. The number of carbonyl (C=O) groups is 3. The molecule has 0 unspecified atom stereocenters. The second kappa shape index (κ2) is 11.6. The smallest absolute Gasteiger partial charge is 0.335 e. The van der Waals surface area contributed by atoms with Crippen LogP contribution in [0.1, 0.15) is 29.2 Å². The molecule has 0 saturated carbocycles. The van der Waals surface area contributed by atoms with Gasteiger partial charge in [0.15, 0.2) is 11.5 Å². The Morgan fingerprint density at radius 2 is 1.74 bits per heavy atom. The van der Waals surface area contributed by atoms with E-state index in [-0.39, 0.29) is 12.2 Å². The number of nitrogens with zero attached hydrogens (tertiary/aromatic N) is 2. The molecule has 0 aromatic heterocycles. The van der Waals surface area contributed by atoms with E-state index in [0.717, 1.165) is 20.5 Å². The van der Waals surface area contributed by atoms with Crippen molar-refractivity contribution in [1.29, 1.82) is 5.26 Å². The van der Waals surface area contributed by atoms with E-state index in [2.05, 4.69) is 43.2 Å². The van der Waals surface area contributed by atoms with Crippen LogP contribution in [0.5, 0.6) is 11.5 Å². The minimum Gasteiger partial charge on any atom is -0.490 e. The standard InChI is InChI=1S/C28H21Br2N3O5/c1-3-37-24-12-19(23(30)13-25(24)38-15-18-7-5-4-6-17(18)14-31)11-21-26(34)32-28(36)33(27(21)35)20-8-9-22(29)16(2)10-20/h4-13H,3,15H2,1-2H3,(H,32,34,36)/b21-11+. The molecule has 0 radical (unpaired) electrons. The van der Waals surface area contributed by atoms with Gasteiger partial charge in [-0.2, -0.15) is 5.26 Å². The van der Waals surface area contributed by atoms with E-state index < -0.39 is 17.8 Å². The minimum absolute atomic E-state index is 0.140. The number of hydrogen-bond donors (Lipinski definition) is 1. The van der Waals surface area contributed by atoms with E-state index in [9.17, 15) is 19.6 Å². The third kappa shape index (κ3) is 5.64. The molecule has 4 rings (SSSR count). The van der Waals surface area contributed by atoms with Gasteiger partial charge in [0.2, 0.25) is 0 Å². The van der Waals surface area contributed by atoms with Crippen molar-refractivity contribution in [2.45, 2.75) is 20.5 Å². The molecule has 0 atom stereocenters. The molecule has 0 bridgehead atoms. The second-order valence-electron chi connectivity index (χ2n) is 8.20. The van der Waals surface area contributed by atoms with Gasteiger partial charge in [-0.15, -0.1) is 0 Å². The van der Waals surface area contributed by atoms with Gasteiger partial charge >= 0.3 is 6.03 Å². The van der Waals surface area contributed by atoms with Crippen LogP contribution in [-0.2, 0) is 16.2 Å². The van der Waals surface area contributed by atoms with E-state index >= 15 is 0 Å². The zero-order chi connectivity index (χ0) is 27.4. The van der Waals surface area contributed by atoms with Crippen molar-refractivity contribution in [2.75, 3.05) is 11.5 Å². The predicted octanol–water partition coefficient (Wildman–Crippen LogP) is 6.04. The number of nitriles is 1. The summed E-state index contributed by atoms with van der Waals surface area (Å²) >= 11 is 6.88. The molecule has 1 saturated heterocycles. The molecule has 3 aromatic rings. The van der Waals surface area contributed by atoms with Crippen LogP contribution < -0.4 is 19.7 Å². The van der Waals surface area contributed by atoms with Crippen molar-refractivity contribution in [2.24, 2.45) is 0 Å². The largest absolute Gasteiger partial charge is 0.490 e. The molecule has 1 fully saturated rings. The van der Waals surface area contributed by atoms with Crippen molar-refractivity contribution < 1.29 is 23.9 Å². The van der Waals surface area contributed by atoms with Crippen molar-refractivity contribution in [3.05, 3.63) is 91.4 Å². The van der Waals surface area contributed by atoms with Crippen LogP contribution in [0.2, 0.25) is 0 Å². The van der Waals surface area contributed by atoms with Crippen LogP contribution in [0.15, 0.2) is 69.1 Å². The molecular weight excluding hydrogens is 618 g/mol. The highest BCUT2D eigenvalue weighted by Gasteiger charge is 2.37. The Hall–Kier alpha value is -3.94. The van der Waals surface area contributed by atoms with Crippen LogP contribution in [0, 0.1) is 18.3 Å². The van der Waals surface area contributed by atoms with E-state index in [1.165, 1.54) is 6.08 Å². The zero-order valence-electron chi connectivity index (χ0n) is 20.4. The summed E-state index contributed by atoms with van der Waals surface area (Å²) in [5.41, 5.74) is 2.64. The predicted molar refractivity (Wildman–Crippen MR) is 149 cm³/mol. The van der Waals surface area contributed by atoms with Crippen LogP contribution in [0.25, 0.3) is 6.08 Å². The SMILES string of the molecule is CCOc1cc(/C=C2\C(=O)NC(=O)N(c3ccc(Br)c(C)c3)C2=O)c(Br)cc1OCc1ccccc1C#N. The number of hydrogen-bond acceptors (Lipinski definition) is 6. The zero-order valence-corrected chi connectivity index (χ0v) is 23.6. The average Bonchev–Trinajstić information content (AvgIpc) is 2.89. The Morgan fingerprint density at radius 3 is 2.45 bits per heavy atom. The third-order valence-electron chi connectivity index (χ3n) is 5.69. The lowest BCUT2D eigenvalue weighted by Gasteiger charge is -2.27. The fourth-order valence-electron chi connectivity index (χ4n) is 3.77. The van der Waals surface area contributed by atoms with Crippen molar-refractivity contribution in [3.8, 4) is 17.6 Å². The van der Waals surface area contributed by atoms with Gasteiger partial charge in [-0.05, 0) is 67.4 Å². The number of benzene rings is 3. The van der Waals surface area contributed by atoms with Crippen LogP contribution in [-0.4, -0.2) is 24.5 Å². The number of ether oxygens (including phenoxy) is 2. The van der Waals surface area contributed by atoms with Crippen molar-refractivity contribution in [3.63, 3.8) is 0 Å². The average molecular weight is 639 g/mol. The number of halogens is 2. The number of barbiturate groups is 1. The molecule has 0 spiro atoms. The number of amides is 4. The Labute approximate surface area is 236 Å². The number of imide groups is 2. The van der Waals surface area contributed by atoms with Crippen molar-refractivity contribution >= 4 is 61.5 Å². The second-order valence-corrected chi connectivity index (χ2v) is 9.91. The van der Waals surface area contributed by atoms with Gasteiger partial charge in [-0.25, -0.2) is 9.69 Å². The fourth-order valence-corrected chi connectivity index (χ4v) is 4.45. The third-order valence-corrected chi connectivity index (χ3v) is 7.26. The summed E-state index contributed by atoms with van der Waals surface area (Å²) in [5.74, 6) is -0.755. The first kappa shape index (κ1) is 27.1. The minimum atomic E-state index is -0.825. The van der Waals surface area contributed by atoms with Gasteiger partial charge in [0.25, 0.3) is 11.8 Å². The summed E-state index contributed by atoms with van der Waals surface area (Å²) in [6, 6.07) is 16.8. The van der Waals surface area contributed by atoms with Crippen LogP contribution in [0.4, 0.5) is 10.5 Å². The van der Waals surface area contributed by atoms with E-state index in [1.807, 2.05) is 19.9 Å². The number of aryl methyl sites for hydroxylation is 1. The number of rotatable bonds is 7. The summed E-state index contributed by atoms with van der Waals surface area (Å²) in [5, 5.41) is 11.6. The lowest BCUT2D eigenvalue weighted by Crippen LogP contribution is -2.54. The fraction of sp³-hybridized carbons (Fsp3) is 0.143. The van der Waals surface area contributed by atoms with Gasteiger partial charge < -0.3 is 9.47 Å². The maximum atomic E-state index is 13.3. The molecule has 1 aliphatic rings. The molecular formula is C28H21Br2N3O5. The summed E-state index contributed by atoms with van der Waals surface area (Å²) in [6.45, 7) is 4.13. The van der Waals surface area contributed by atoms with Gasteiger partial charge in [0.1, 0.15) is 12.2 Å². The topological polar surface area (TPSA) is 109 Å². The maximum Gasteiger partial charge on any atom is 0.335 e. The lowest BCUT2D eigenvalue weighted by molar-refractivity contribution is -0.122. The van der Waals surface area contributed by atoms with E-state index in [0.29, 0.717) is 39.4 Å². The Balaban J connectivity index is 1.68. The molecule has 38 heavy (non-hydrogen) atoms. The first-order valence-electron chi connectivity index (χ1n) is 11.5. The summed E-state index contributed by atoms with van der Waals surface area (Å²) < 4.78 is 13.1. The highest BCUT2D eigenvalue weighted by molar-refractivity contribution is 9.10. The first-order chi connectivity index (χ1) is 18.2. The first-order valence-corrected chi connectivity index (χ1v) is 13.1. The molecule has 0 aliphatic carbocycles. The van der Waals surface area contributed by atoms with Crippen molar-refractivity contribution in [1.82, 2.24) is 5.32 Å². The van der Waals surface area contributed by atoms with Crippen LogP contribution >= 0.6 is 31.9 Å². The molecule has 8 nitrogen and oxygen atoms in total. The number of urea groups is 1. The molecule has 1 heterocycles. The highest BCUT2D eigenvalue weighted by atomic mass is 79.9. The highest BCUT2D eigenvalue weighted by Crippen LogP contribution is 2.36. The lowest BCUT2D eigenvalue weighted by atomic mass is 10.1. The summed E-state index contributed by atoms with van der Waals surface area (Å²) in [6.07, 6.45) is 1.39. The van der Waals surface area contributed by atoms with Crippen LogP contribution in [0.3, 0.4) is 0 Å². The quantitative estimate of drug-likeness (QED) is 0.250. The summed E-state index contributed by atoms with van der Waals surface area (Å²) in [4.78, 5) is 39.5. The molecule has 1 N–H and O–H groups in total. The van der Waals surface area contributed by atoms with Gasteiger partial charge in [-0.3, -0.25) is 14.9 Å². The number of anilines is 1. The number of carbonyl (C=O) groups excluding carboxylic acids is 3. The van der Waals surface area contributed by atoms with Gasteiger partial charge in [-0.1, -0.05) is 50.1 Å². The normalized spacial score (nSPS) is 14.3. The number of nitrogens with one attached hydrogen (secondary N) is 1. The van der Waals surface area contributed by atoms with E-state index in [1.54, 1.807) is 48.5 Å².